The van der Waals surface area contributed by atoms with Gasteiger partial charge in [-0.15, -0.1) is 0 Å². The summed E-state index contributed by atoms with van der Waals surface area (Å²) in [6.45, 7) is 3.46. The van der Waals surface area contributed by atoms with E-state index in [0.717, 1.165) is 11.1 Å². The van der Waals surface area contributed by atoms with Crippen molar-refractivity contribution >= 4 is 52.5 Å². The third kappa shape index (κ3) is 6.85. The molecule has 172 valence electrons. The van der Waals surface area contributed by atoms with Gasteiger partial charge < -0.3 is 15.4 Å². The Labute approximate surface area is 207 Å². The molecule has 0 saturated carbocycles. The second-order valence-electron chi connectivity index (χ2n) is 7.48. The molecule has 0 bridgehead atoms. The third-order valence-corrected chi connectivity index (χ3v) is 5.37. The monoisotopic (exact) mass is 493 g/mol. The molecule has 0 atom stereocenters. The number of hydrogen-bond donors (Lipinski definition) is 2. The van der Waals surface area contributed by atoms with Gasteiger partial charge in [-0.2, -0.15) is 5.26 Å². The van der Waals surface area contributed by atoms with Crippen LogP contribution in [0, 0.1) is 25.2 Å². The number of anilines is 2. The van der Waals surface area contributed by atoms with Crippen molar-refractivity contribution in [3.05, 3.63) is 93.0 Å². The van der Waals surface area contributed by atoms with Crippen LogP contribution in [0.1, 0.15) is 16.7 Å². The summed E-state index contributed by atoms with van der Waals surface area (Å²) >= 11 is 12.2. The number of halogens is 2. The van der Waals surface area contributed by atoms with Crippen molar-refractivity contribution in [2.75, 3.05) is 17.2 Å². The summed E-state index contributed by atoms with van der Waals surface area (Å²) in [4.78, 5) is 25.0. The molecule has 2 N–H and O–H groups in total. The first-order valence-electron chi connectivity index (χ1n) is 10.2. The van der Waals surface area contributed by atoms with Crippen molar-refractivity contribution in [3.63, 3.8) is 0 Å². The molecule has 3 rings (SSSR count). The SMILES string of the molecule is Cc1cccc(NC(=O)/C(C#N)=C/c2cc(Cl)ccc2OCC(=O)Nc2ccc(C)c(Cl)c2)c1. The first-order valence-corrected chi connectivity index (χ1v) is 11.0. The van der Waals surface area contributed by atoms with E-state index in [1.54, 1.807) is 54.6 Å². The van der Waals surface area contributed by atoms with Crippen LogP contribution >= 0.6 is 23.2 Å². The van der Waals surface area contributed by atoms with Crippen molar-refractivity contribution in [2.24, 2.45) is 0 Å². The van der Waals surface area contributed by atoms with Crippen molar-refractivity contribution < 1.29 is 14.3 Å². The number of nitriles is 1. The normalized spacial score (nSPS) is 10.9. The van der Waals surface area contributed by atoms with E-state index in [2.05, 4.69) is 10.6 Å². The largest absolute Gasteiger partial charge is 0.483 e. The molecule has 0 saturated heterocycles. The predicted molar refractivity (Wildman–Crippen MR) is 135 cm³/mol. The van der Waals surface area contributed by atoms with Gasteiger partial charge in [0.05, 0.1) is 0 Å². The molecule has 0 aliphatic heterocycles. The Kier molecular flexibility index (Phi) is 8.31. The van der Waals surface area contributed by atoms with E-state index in [0.29, 0.717) is 27.0 Å². The van der Waals surface area contributed by atoms with Gasteiger partial charge in [-0.25, -0.2) is 0 Å². The Hall–Kier alpha value is -3.79. The number of benzene rings is 3. The molecule has 0 aliphatic rings. The number of carbonyl (C=O) groups is 2. The maximum Gasteiger partial charge on any atom is 0.266 e. The van der Waals surface area contributed by atoms with Gasteiger partial charge in [-0.1, -0.05) is 41.4 Å². The maximum absolute atomic E-state index is 12.6. The lowest BCUT2D eigenvalue weighted by atomic mass is 10.1. The van der Waals surface area contributed by atoms with E-state index in [-0.39, 0.29) is 17.9 Å². The van der Waals surface area contributed by atoms with Crippen LogP contribution in [-0.4, -0.2) is 18.4 Å². The molecule has 0 spiro atoms. The highest BCUT2D eigenvalue weighted by Gasteiger charge is 2.13. The minimum atomic E-state index is -0.576. The fraction of sp³-hybridized carbons (Fsp3) is 0.115. The summed E-state index contributed by atoms with van der Waals surface area (Å²) in [5, 5.41) is 15.9. The number of rotatable bonds is 7. The summed E-state index contributed by atoms with van der Waals surface area (Å²) < 4.78 is 5.65. The molecule has 3 aromatic rings. The van der Waals surface area contributed by atoms with Crippen molar-refractivity contribution in [1.82, 2.24) is 0 Å². The summed E-state index contributed by atoms with van der Waals surface area (Å²) in [6, 6.07) is 19.0. The van der Waals surface area contributed by atoms with E-state index in [9.17, 15) is 14.9 Å². The Bertz CT molecular complexity index is 1310. The zero-order valence-electron chi connectivity index (χ0n) is 18.5. The Balaban J connectivity index is 1.74. The molecule has 8 heteroatoms. The number of aryl methyl sites for hydroxylation is 2. The van der Waals surface area contributed by atoms with Crippen LogP contribution in [0.15, 0.2) is 66.2 Å². The lowest BCUT2D eigenvalue weighted by Gasteiger charge is -2.11. The first kappa shape index (κ1) is 24.8. The van der Waals surface area contributed by atoms with E-state index >= 15 is 0 Å². The van der Waals surface area contributed by atoms with Crippen LogP contribution in [0.5, 0.6) is 5.75 Å². The van der Waals surface area contributed by atoms with Crippen LogP contribution in [-0.2, 0) is 9.59 Å². The maximum atomic E-state index is 12.6. The van der Waals surface area contributed by atoms with Gasteiger partial charge in [-0.3, -0.25) is 9.59 Å². The van der Waals surface area contributed by atoms with Crippen LogP contribution in [0.4, 0.5) is 11.4 Å². The topological polar surface area (TPSA) is 91.2 Å². The number of ether oxygens (including phenoxy) is 1. The van der Waals surface area contributed by atoms with Gasteiger partial charge in [-0.05, 0) is 73.5 Å². The van der Waals surface area contributed by atoms with E-state index < -0.39 is 11.8 Å². The van der Waals surface area contributed by atoms with Crippen LogP contribution in [0.3, 0.4) is 0 Å². The molecular weight excluding hydrogens is 473 g/mol. The fourth-order valence-electron chi connectivity index (χ4n) is 3.00. The molecule has 0 unspecified atom stereocenters. The lowest BCUT2D eigenvalue weighted by molar-refractivity contribution is -0.118. The predicted octanol–water partition coefficient (Wildman–Crippen LogP) is 6.17. The molecule has 2 amide bonds. The second kappa shape index (κ2) is 11.4. The average molecular weight is 494 g/mol. The van der Waals surface area contributed by atoms with Gasteiger partial charge in [0.25, 0.3) is 11.8 Å². The molecule has 0 aromatic heterocycles. The molecule has 3 aromatic carbocycles. The Morgan fingerprint density at radius 1 is 1.00 bits per heavy atom. The Morgan fingerprint density at radius 2 is 1.76 bits per heavy atom. The number of amides is 2. The number of nitrogens with one attached hydrogen (secondary N) is 2. The summed E-state index contributed by atoms with van der Waals surface area (Å²) in [5.41, 5.74) is 3.22. The van der Waals surface area contributed by atoms with Crippen molar-refractivity contribution in [1.29, 1.82) is 5.26 Å². The zero-order chi connectivity index (χ0) is 24.7. The molecule has 34 heavy (non-hydrogen) atoms. The summed E-state index contributed by atoms with van der Waals surface area (Å²) in [7, 11) is 0. The Morgan fingerprint density at radius 3 is 2.47 bits per heavy atom. The average Bonchev–Trinajstić information content (AvgIpc) is 2.79. The highest BCUT2D eigenvalue weighted by molar-refractivity contribution is 6.31. The second-order valence-corrected chi connectivity index (χ2v) is 8.32. The number of nitrogens with zero attached hydrogens (tertiary/aromatic N) is 1. The van der Waals surface area contributed by atoms with Crippen molar-refractivity contribution in [2.45, 2.75) is 13.8 Å². The van der Waals surface area contributed by atoms with Gasteiger partial charge in [0.15, 0.2) is 6.61 Å². The van der Waals surface area contributed by atoms with Gasteiger partial charge in [0.1, 0.15) is 17.4 Å². The van der Waals surface area contributed by atoms with Gasteiger partial charge >= 0.3 is 0 Å². The minimum absolute atomic E-state index is 0.146. The van der Waals surface area contributed by atoms with E-state index in [1.165, 1.54) is 6.08 Å². The van der Waals surface area contributed by atoms with E-state index in [4.69, 9.17) is 27.9 Å². The molecule has 0 fully saturated rings. The summed E-state index contributed by atoms with van der Waals surface area (Å²) in [6.07, 6.45) is 1.37. The fourth-order valence-corrected chi connectivity index (χ4v) is 3.36. The van der Waals surface area contributed by atoms with Crippen molar-refractivity contribution in [3.8, 4) is 11.8 Å². The van der Waals surface area contributed by atoms with Crippen LogP contribution in [0.25, 0.3) is 6.08 Å². The van der Waals surface area contributed by atoms with E-state index in [1.807, 2.05) is 26.0 Å². The van der Waals surface area contributed by atoms with Gasteiger partial charge in [0.2, 0.25) is 0 Å². The molecular formula is C26H21Cl2N3O3. The molecule has 6 nitrogen and oxygen atoms in total. The number of carbonyl (C=O) groups excluding carboxylic acids is 2. The standard InChI is InChI=1S/C26H21Cl2N3O3/c1-16-4-3-5-21(10-16)31-26(33)19(14-29)11-18-12-20(27)7-9-24(18)34-15-25(32)30-22-8-6-17(2)23(28)13-22/h3-13H,15H2,1-2H3,(H,30,32)(H,31,33)/b19-11+. The molecule has 0 radical (unpaired) electrons. The quantitative estimate of drug-likeness (QED) is 0.304. The minimum Gasteiger partial charge on any atom is -0.483 e. The highest BCUT2D eigenvalue weighted by atomic mass is 35.5. The van der Waals surface area contributed by atoms with Crippen LogP contribution in [0.2, 0.25) is 10.0 Å². The summed E-state index contributed by atoms with van der Waals surface area (Å²) in [5.74, 6) is -0.687. The molecule has 0 aliphatic carbocycles. The third-order valence-electron chi connectivity index (χ3n) is 4.73. The highest BCUT2D eigenvalue weighted by Crippen LogP contribution is 2.26. The van der Waals surface area contributed by atoms with Gasteiger partial charge in [0, 0.05) is 27.0 Å². The van der Waals surface area contributed by atoms with Crippen LogP contribution < -0.4 is 15.4 Å². The first-order chi connectivity index (χ1) is 16.2. The molecule has 0 heterocycles. The smallest absolute Gasteiger partial charge is 0.266 e. The lowest BCUT2D eigenvalue weighted by Crippen LogP contribution is -2.20. The zero-order valence-corrected chi connectivity index (χ0v) is 20.0. The number of hydrogen-bond acceptors (Lipinski definition) is 4.